The Kier molecular flexibility index (Phi) is 5.68. The maximum atomic E-state index is 5.99. The molecule has 112 valence electrons. The van der Waals surface area contributed by atoms with Gasteiger partial charge in [0.2, 0.25) is 17.2 Å². The summed E-state index contributed by atoms with van der Waals surface area (Å²) in [5, 5.41) is 3.32. The van der Waals surface area contributed by atoms with Crippen LogP contribution in [-0.2, 0) is 6.54 Å². The Bertz CT molecular complexity index is 563. The van der Waals surface area contributed by atoms with Crippen LogP contribution in [0.15, 0.2) is 24.4 Å². The molecule has 0 bridgehead atoms. The second kappa shape index (κ2) is 7.73. The first-order valence-electron chi connectivity index (χ1n) is 7.03. The van der Waals surface area contributed by atoms with Crippen LogP contribution in [0.5, 0.6) is 0 Å². The highest BCUT2D eigenvalue weighted by Gasteiger charge is 2.12. The second-order valence-electron chi connectivity index (χ2n) is 4.49. The van der Waals surface area contributed by atoms with Crippen molar-refractivity contribution in [2.75, 3.05) is 23.3 Å². The third-order valence-corrected chi connectivity index (χ3v) is 3.04. The highest BCUT2D eigenvalue weighted by atomic mass is 35.5. The highest BCUT2D eigenvalue weighted by Crippen LogP contribution is 2.15. The molecule has 0 saturated heterocycles. The van der Waals surface area contributed by atoms with Crippen LogP contribution in [0.2, 0.25) is 5.28 Å². The van der Waals surface area contributed by atoms with E-state index in [1.54, 1.807) is 6.20 Å². The van der Waals surface area contributed by atoms with Gasteiger partial charge in [-0.15, -0.1) is 0 Å². The summed E-state index contributed by atoms with van der Waals surface area (Å²) in [5.74, 6) is 1.06. The molecule has 1 N–H and O–H groups in total. The minimum absolute atomic E-state index is 0.193. The Balaban J connectivity index is 2.19. The number of anilines is 2. The number of nitrogens with one attached hydrogen (secondary N) is 1. The van der Waals surface area contributed by atoms with Crippen molar-refractivity contribution >= 4 is 23.5 Å². The minimum Gasteiger partial charge on any atom is -0.354 e. The van der Waals surface area contributed by atoms with Crippen LogP contribution in [-0.4, -0.2) is 33.0 Å². The molecule has 6 nitrogen and oxygen atoms in total. The summed E-state index contributed by atoms with van der Waals surface area (Å²) in [6.07, 6.45) is 2.77. The molecule has 0 unspecified atom stereocenters. The Labute approximate surface area is 129 Å². The molecule has 0 spiro atoms. The zero-order valence-corrected chi connectivity index (χ0v) is 13.0. The fourth-order valence-electron chi connectivity index (χ4n) is 1.81. The predicted octanol–water partition coefficient (Wildman–Crippen LogP) is 2.77. The number of pyridine rings is 1. The Morgan fingerprint density at radius 3 is 2.71 bits per heavy atom. The maximum absolute atomic E-state index is 5.99. The fraction of sp³-hybridized carbons (Fsp3) is 0.429. The molecular formula is C14H19ClN6. The smallest absolute Gasteiger partial charge is 0.231 e. The summed E-state index contributed by atoms with van der Waals surface area (Å²) >= 11 is 5.99. The van der Waals surface area contributed by atoms with E-state index in [1.807, 2.05) is 30.0 Å². The van der Waals surface area contributed by atoms with E-state index in [2.05, 4.69) is 32.2 Å². The topological polar surface area (TPSA) is 66.8 Å². The second-order valence-corrected chi connectivity index (χ2v) is 4.83. The third kappa shape index (κ3) is 4.53. The van der Waals surface area contributed by atoms with E-state index in [4.69, 9.17) is 11.6 Å². The van der Waals surface area contributed by atoms with E-state index in [9.17, 15) is 0 Å². The van der Waals surface area contributed by atoms with Crippen molar-refractivity contribution in [1.29, 1.82) is 0 Å². The Hall–Kier alpha value is -1.95. The molecule has 2 rings (SSSR count). The zero-order chi connectivity index (χ0) is 15.1. The molecular weight excluding hydrogens is 288 g/mol. The van der Waals surface area contributed by atoms with Crippen LogP contribution in [0.1, 0.15) is 26.0 Å². The first-order valence-corrected chi connectivity index (χ1v) is 7.41. The van der Waals surface area contributed by atoms with Gasteiger partial charge in [-0.2, -0.15) is 15.0 Å². The molecule has 2 heterocycles. The van der Waals surface area contributed by atoms with Crippen LogP contribution in [0.25, 0.3) is 0 Å². The van der Waals surface area contributed by atoms with Gasteiger partial charge in [-0.25, -0.2) is 0 Å². The van der Waals surface area contributed by atoms with E-state index in [0.29, 0.717) is 18.4 Å². The first-order chi connectivity index (χ1) is 10.2. The molecule has 21 heavy (non-hydrogen) atoms. The predicted molar refractivity (Wildman–Crippen MR) is 84.6 cm³/mol. The van der Waals surface area contributed by atoms with Crippen LogP contribution in [0, 0.1) is 0 Å². The summed E-state index contributed by atoms with van der Waals surface area (Å²) in [6, 6.07) is 5.83. The van der Waals surface area contributed by atoms with Crippen molar-refractivity contribution in [3.05, 3.63) is 35.4 Å². The summed E-state index contributed by atoms with van der Waals surface area (Å²) < 4.78 is 0. The molecule has 0 aliphatic carbocycles. The Morgan fingerprint density at radius 2 is 2.05 bits per heavy atom. The standard InChI is InChI=1S/C14H19ClN6/c1-3-8-17-13-18-12(15)19-14(20-13)21(4-2)10-11-7-5-6-9-16-11/h5-7,9H,3-4,8,10H2,1-2H3,(H,17,18,19,20). The van der Waals surface area contributed by atoms with E-state index >= 15 is 0 Å². The van der Waals surface area contributed by atoms with Gasteiger partial charge in [0.1, 0.15) is 0 Å². The average Bonchev–Trinajstić information content (AvgIpc) is 2.51. The maximum Gasteiger partial charge on any atom is 0.231 e. The molecule has 7 heteroatoms. The van der Waals surface area contributed by atoms with Gasteiger partial charge in [0.15, 0.2) is 0 Å². The van der Waals surface area contributed by atoms with Crippen LogP contribution in [0.3, 0.4) is 0 Å². The number of hydrogen-bond donors (Lipinski definition) is 1. The zero-order valence-electron chi connectivity index (χ0n) is 12.3. The van der Waals surface area contributed by atoms with Crippen LogP contribution in [0.4, 0.5) is 11.9 Å². The van der Waals surface area contributed by atoms with Crippen molar-refractivity contribution in [1.82, 2.24) is 19.9 Å². The number of halogens is 1. The van der Waals surface area contributed by atoms with Gasteiger partial charge in [-0.1, -0.05) is 13.0 Å². The monoisotopic (exact) mass is 306 g/mol. The van der Waals surface area contributed by atoms with Crippen molar-refractivity contribution in [3.8, 4) is 0 Å². The number of hydrogen-bond acceptors (Lipinski definition) is 6. The molecule has 0 radical (unpaired) electrons. The van der Waals surface area contributed by atoms with Crippen molar-refractivity contribution in [3.63, 3.8) is 0 Å². The SMILES string of the molecule is CCCNc1nc(Cl)nc(N(CC)Cc2ccccn2)n1. The normalized spacial score (nSPS) is 10.4. The van der Waals surface area contributed by atoms with E-state index in [1.165, 1.54) is 0 Å². The van der Waals surface area contributed by atoms with Gasteiger partial charge in [-0.05, 0) is 37.1 Å². The minimum atomic E-state index is 0.193. The quantitative estimate of drug-likeness (QED) is 0.848. The van der Waals surface area contributed by atoms with E-state index < -0.39 is 0 Å². The molecule has 0 atom stereocenters. The molecule has 0 aromatic carbocycles. The van der Waals surface area contributed by atoms with Gasteiger partial charge in [0.05, 0.1) is 12.2 Å². The van der Waals surface area contributed by atoms with Crippen molar-refractivity contribution < 1.29 is 0 Å². The van der Waals surface area contributed by atoms with Crippen molar-refractivity contribution in [2.45, 2.75) is 26.8 Å². The number of nitrogens with zero attached hydrogens (tertiary/aromatic N) is 5. The molecule has 0 aliphatic heterocycles. The number of aromatic nitrogens is 4. The molecule has 2 aromatic rings. The number of rotatable bonds is 7. The molecule has 0 saturated carbocycles. The lowest BCUT2D eigenvalue weighted by Gasteiger charge is -2.20. The largest absolute Gasteiger partial charge is 0.354 e. The van der Waals surface area contributed by atoms with E-state index in [0.717, 1.165) is 25.2 Å². The summed E-state index contributed by atoms with van der Waals surface area (Å²) in [5.41, 5.74) is 0.957. The van der Waals surface area contributed by atoms with Crippen molar-refractivity contribution in [2.24, 2.45) is 0 Å². The van der Waals surface area contributed by atoms with Gasteiger partial charge in [-0.3, -0.25) is 4.98 Å². The lowest BCUT2D eigenvalue weighted by molar-refractivity contribution is 0.767. The summed E-state index contributed by atoms with van der Waals surface area (Å²) in [4.78, 5) is 19.0. The summed E-state index contributed by atoms with van der Waals surface area (Å²) in [6.45, 7) is 6.30. The summed E-state index contributed by atoms with van der Waals surface area (Å²) in [7, 11) is 0. The lowest BCUT2D eigenvalue weighted by atomic mass is 10.3. The fourth-order valence-corrected chi connectivity index (χ4v) is 1.96. The van der Waals surface area contributed by atoms with Gasteiger partial charge in [0.25, 0.3) is 0 Å². The molecule has 0 aliphatic rings. The third-order valence-electron chi connectivity index (χ3n) is 2.87. The molecule has 0 fully saturated rings. The first kappa shape index (κ1) is 15.4. The lowest BCUT2D eigenvalue weighted by Crippen LogP contribution is -2.25. The van der Waals surface area contributed by atoms with Gasteiger partial charge < -0.3 is 10.2 Å². The highest BCUT2D eigenvalue weighted by molar-refractivity contribution is 6.28. The van der Waals surface area contributed by atoms with Crippen LogP contribution >= 0.6 is 11.6 Å². The van der Waals surface area contributed by atoms with E-state index in [-0.39, 0.29) is 5.28 Å². The molecule has 0 amide bonds. The van der Waals surface area contributed by atoms with Gasteiger partial charge >= 0.3 is 0 Å². The Morgan fingerprint density at radius 1 is 1.19 bits per heavy atom. The molecule has 2 aromatic heterocycles. The van der Waals surface area contributed by atoms with Gasteiger partial charge in [0, 0.05) is 19.3 Å². The average molecular weight is 307 g/mol. The van der Waals surface area contributed by atoms with Crippen LogP contribution < -0.4 is 10.2 Å².